The molecular formula is C24H7F13. The Balaban J connectivity index is 0.000000220. The van der Waals surface area contributed by atoms with Gasteiger partial charge in [-0.15, -0.1) is 0 Å². The molecule has 0 atom stereocenters. The van der Waals surface area contributed by atoms with E-state index >= 15 is 0 Å². The van der Waals surface area contributed by atoms with Gasteiger partial charge in [0, 0.05) is 5.56 Å². The number of hydrogen-bond acceptors (Lipinski definition) is 0. The first kappa shape index (κ1) is 27.6. The van der Waals surface area contributed by atoms with Crippen molar-refractivity contribution in [2.24, 2.45) is 0 Å². The van der Waals surface area contributed by atoms with Gasteiger partial charge in [-0.1, -0.05) is 30.3 Å². The summed E-state index contributed by atoms with van der Waals surface area (Å²) in [6, 6.07) is 10.6. The summed E-state index contributed by atoms with van der Waals surface area (Å²) in [6.07, 6.45) is 0. The SMILES string of the molecule is Fc1c(F)c(F)c(-c2c(F)c(F)c(F)c(F)c2F)c(F)c1F.Fc1ccc(-c2ccccc2)c(F)c1F. The van der Waals surface area contributed by atoms with Gasteiger partial charge in [0.25, 0.3) is 0 Å². The fraction of sp³-hybridized carbons (Fsp3) is 0. The van der Waals surface area contributed by atoms with E-state index < -0.39 is 86.8 Å². The van der Waals surface area contributed by atoms with E-state index in [4.69, 9.17) is 0 Å². The predicted octanol–water partition coefficient (Wildman–Crippen LogP) is 8.52. The molecule has 0 unspecified atom stereocenters. The van der Waals surface area contributed by atoms with Crippen LogP contribution in [0.2, 0.25) is 0 Å². The molecule has 0 heterocycles. The Hall–Kier alpha value is -4.03. The van der Waals surface area contributed by atoms with E-state index in [0.29, 0.717) is 5.56 Å². The van der Waals surface area contributed by atoms with Gasteiger partial charge in [-0.3, -0.25) is 0 Å². The molecule has 4 aromatic carbocycles. The van der Waals surface area contributed by atoms with Gasteiger partial charge < -0.3 is 0 Å². The van der Waals surface area contributed by atoms with Gasteiger partial charge in [0.05, 0.1) is 11.1 Å². The van der Waals surface area contributed by atoms with Gasteiger partial charge in [-0.05, 0) is 17.7 Å². The first-order valence-corrected chi connectivity index (χ1v) is 9.53. The second-order valence-electron chi connectivity index (χ2n) is 6.98. The first-order valence-electron chi connectivity index (χ1n) is 9.53. The lowest BCUT2D eigenvalue weighted by molar-refractivity contribution is 0.370. The van der Waals surface area contributed by atoms with E-state index in [9.17, 15) is 57.1 Å². The van der Waals surface area contributed by atoms with Gasteiger partial charge in [-0.25, -0.2) is 57.1 Å². The smallest absolute Gasteiger partial charge is 0.200 e. The normalized spacial score (nSPS) is 10.8. The van der Waals surface area contributed by atoms with Crippen molar-refractivity contribution >= 4 is 0 Å². The fourth-order valence-electron chi connectivity index (χ4n) is 3.02. The van der Waals surface area contributed by atoms with Crippen LogP contribution in [0.5, 0.6) is 0 Å². The van der Waals surface area contributed by atoms with Crippen LogP contribution < -0.4 is 0 Å². The van der Waals surface area contributed by atoms with Crippen LogP contribution in [0.15, 0.2) is 42.5 Å². The van der Waals surface area contributed by atoms with Crippen LogP contribution in [0.1, 0.15) is 0 Å². The molecule has 0 saturated heterocycles. The van der Waals surface area contributed by atoms with E-state index in [2.05, 4.69) is 0 Å². The summed E-state index contributed by atoms with van der Waals surface area (Å²) >= 11 is 0. The third-order valence-corrected chi connectivity index (χ3v) is 4.79. The summed E-state index contributed by atoms with van der Waals surface area (Å²) < 4.78 is 170. The van der Waals surface area contributed by atoms with Gasteiger partial charge in [-0.2, -0.15) is 0 Å². The molecule has 0 aromatic heterocycles. The molecule has 0 aliphatic carbocycles. The lowest BCUT2D eigenvalue weighted by Crippen LogP contribution is -2.10. The number of benzene rings is 4. The van der Waals surface area contributed by atoms with Crippen LogP contribution >= 0.6 is 0 Å². The summed E-state index contributed by atoms with van der Waals surface area (Å²) in [7, 11) is 0. The highest BCUT2D eigenvalue weighted by atomic mass is 19.2. The van der Waals surface area contributed by atoms with E-state index in [1.807, 2.05) is 0 Å². The molecule has 37 heavy (non-hydrogen) atoms. The van der Waals surface area contributed by atoms with Crippen molar-refractivity contribution in [1.82, 2.24) is 0 Å². The highest BCUT2D eigenvalue weighted by Gasteiger charge is 2.34. The van der Waals surface area contributed by atoms with Gasteiger partial charge in [0.1, 0.15) is 0 Å². The summed E-state index contributed by atoms with van der Waals surface area (Å²) in [6.45, 7) is 0. The van der Waals surface area contributed by atoms with Crippen LogP contribution in [0, 0.1) is 75.6 Å². The Morgan fingerprint density at radius 1 is 0.297 bits per heavy atom. The Labute approximate surface area is 198 Å². The maximum Gasteiger partial charge on any atom is 0.200 e. The zero-order valence-corrected chi connectivity index (χ0v) is 17.5. The maximum atomic E-state index is 13.4. The average molecular weight is 542 g/mol. The van der Waals surface area contributed by atoms with Crippen LogP contribution in [-0.4, -0.2) is 0 Å². The molecular weight excluding hydrogens is 535 g/mol. The zero-order chi connectivity index (χ0) is 27.8. The maximum absolute atomic E-state index is 13.4. The minimum absolute atomic E-state index is 0.0644. The molecule has 0 bridgehead atoms. The Morgan fingerprint density at radius 3 is 1.03 bits per heavy atom. The summed E-state index contributed by atoms with van der Waals surface area (Å²) in [4.78, 5) is 0. The van der Waals surface area contributed by atoms with Crippen molar-refractivity contribution in [2.75, 3.05) is 0 Å². The van der Waals surface area contributed by atoms with Gasteiger partial charge >= 0.3 is 0 Å². The highest BCUT2D eigenvalue weighted by molar-refractivity contribution is 5.67. The molecule has 13 heteroatoms. The van der Waals surface area contributed by atoms with Crippen molar-refractivity contribution in [2.45, 2.75) is 0 Å². The summed E-state index contributed by atoms with van der Waals surface area (Å²) in [5, 5.41) is 0. The molecule has 0 aliphatic heterocycles. The number of halogens is 13. The number of hydrogen-bond donors (Lipinski definition) is 0. The third kappa shape index (κ3) is 4.85. The molecule has 0 saturated carbocycles. The third-order valence-electron chi connectivity index (χ3n) is 4.79. The lowest BCUT2D eigenvalue weighted by Gasteiger charge is -2.11. The van der Waals surface area contributed by atoms with Crippen molar-refractivity contribution in [3.63, 3.8) is 0 Å². The van der Waals surface area contributed by atoms with Crippen LogP contribution in [0.3, 0.4) is 0 Å². The van der Waals surface area contributed by atoms with Gasteiger partial charge in [0.2, 0.25) is 11.6 Å². The summed E-state index contributed by atoms with van der Waals surface area (Å²) in [5.74, 6) is -30.4. The van der Waals surface area contributed by atoms with Crippen LogP contribution in [0.4, 0.5) is 57.1 Å². The average Bonchev–Trinajstić information content (AvgIpc) is 2.90. The quantitative estimate of drug-likeness (QED) is 0.135. The van der Waals surface area contributed by atoms with E-state index in [-0.39, 0.29) is 5.56 Å². The molecule has 0 aliphatic rings. The molecule has 0 radical (unpaired) electrons. The van der Waals surface area contributed by atoms with Crippen LogP contribution in [0.25, 0.3) is 22.3 Å². The van der Waals surface area contributed by atoms with Crippen molar-refractivity contribution in [3.05, 3.63) is 118 Å². The first-order chi connectivity index (χ1) is 17.3. The molecule has 0 spiro atoms. The summed E-state index contributed by atoms with van der Waals surface area (Å²) in [5.41, 5.74) is -3.93. The minimum Gasteiger partial charge on any atom is -0.204 e. The minimum atomic E-state index is -2.68. The standard InChI is InChI=1S/C12F10.C12H7F3/c13-3-1(4(14)8(18)11(21)7(3)17)2-5(15)9(19)12(22)10(20)6(2)16;13-10-7-6-9(11(14)12(10)15)8-4-2-1-3-5-8/h;1-7H. The highest BCUT2D eigenvalue weighted by Crippen LogP contribution is 2.37. The second kappa shape index (κ2) is 10.5. The predicted molar refractivity (Wildman–Crippen MR) is 103 cm³/mol. The molecule has 0 N–H and O–H groups in total. The Kier molecular flexibility index (Phi) is 7.84. The molecule has 4 aromatic rings. The van der Waals surface area contributed by atoms with Gasteiger partial charge in [0.15, 0.2) is 64.0 Å². The van der Waals surface area contributed by atoms with E-state index in [0.717, 1.165) is 6.07 Å². The molecule has 194 valence electrons. The monoisotopic (exact) mass is 542 g/mol. The zero-order valence-electron chi connectivity index (χ0n) is 17.5. The van der Waals surface area contributed by atoms with E-state index in [1.54, 1.807) is 30.3 Å². The van der Waals surface area contributed by atoms with Crippen molar-refractivity contribution in [1.29, 1.82) is 0 Å². The van der Waals surface area contributed by atoms with Crippen molar-refractivity contribution in [3.8, 4) is 22.3 Å². The lowest BCUT2D eigenvalue weighted by atomic mass is 10.0. The van der Waals surface area contributed by atoms with E-state index in [1.165, 1.54) is 6.07 Å². The number of rotatable bonds is 2. The van der Waals surface area contributed by atoms with Crippen LogP contribution in [-0.2, 0) is 0 Å². The Morgan fingerprint density at radius 2 is 0.649 bits per heavy atom. The molecule has 0 nitrogen and oxygen atoms in total. The second-order valence-corrected chi connectivity index (χ2v) is 6.98. The molecule has 0 amide bonds. The largest absolute Gasteiger partial charge is 0.204 e. The Bertz CT molecular complexity index is 1370. The topological polar surface area (TPSA) is 0 Å². The van der Waals surface area contributed by atoms with Crippen molar-refractivity contribution < 1.29 is 57.1 Å². The molecule has 4 rings (SSSR count). The fourth-order valence-corrected chi connectivity index (χ4v) is 3.02. The molecule has 0 fully saturated rings.